The Morgan fingerprint density at radius 3 is 2.32 bits per heavy atom. The van der Waals surface area contributed by atoms with Gasteiger partial charge in [0.05, 0.1) is 6.61 Å². The predicted octanol–water partition coefficient (Wildman–Crippen LogP) is 2.04. The van der Waals surface area contributed by atoms with Gasteiger partial charge in [0, 0.05) is 0 Å². The van der Waals surface area contributed by atoms with E-state index in [0.717, 1.165) is 5.56 Å². The molecule has 0 saturated carbocycles. The first-order valence-corrected chi connectivity index (χ1v) is 8.69. The van der Waals surface area contributed by atoms with Crippen molar-refractivity contribution in [3.8, 4) is 5.75 Å². The second-order valence-corrected chi connectivity index (χ2v) is 5.76. The summed E-state index contributed by atoms with van der Waals surface area (Å²) in [6.07, 6.45) is -0.753. The first-order valence-electron chi connectivity index (χ1n) is 8.69. The lowest BCUT2D eigenvalue weighted by Gasteiger charge is -2.18. The van der Waals surface area contributed by atoms with Crippen molar-refractivity contribution in [2.75, 3.05) is 13.2 Å². The van der Waals surface area contributed by atoms with Crippen LogP contribution in [-0.2, 0) is 25.7 Å². The minimum Gasteiger partial charge on any atom is -0.508 e. The number of phenols is 1. The van der Waals surface area contributed by atoms with E-state index >= 15 is 0 Å². The highest BCUT2D eigenvalue weighted by atomic mass is 16.5. The quantitative estimate of drug-likeness (QED) is 0.598. The van der Waals surface area contributed by atoms with Crippen LogP contribution in [0.3, 0.4) is 0 Å². The molecule has 2 rings (SSSR count). The summed E-state index contributed by atoms with van der Waals surface area (Å²) in [5.74, 6) is -1.21. The Balaban J connectivity index is 1.87. The molecule has 0 heterocycles. The van der Waals surface area contributed by atoms with Crippen molar-refractivity contribution >= 4 is 18.0 Å². The molecule has 3 N–H and O–H groups in total. The fraction of sp³-hybridized carbons (Fsp3) is 0.250. The van der Waals surface area contributed by atoms with E-state index in [2.05, 4.69) is 10.6 Å². The molecule has 2 aromatic carbocycles. The smallest absolute Gasteiger partial charge is 0.407 e. The van der Waals surface area contributed by atoms with Crippen molar-refractivity contribution in [3.63, 3.8) is 0 Å². The third-order valence-electron chi connectivity index (χ3n) is 3.66. The Bertz CT molecular complexity index is 792. The molecule has 148 valence electrons. The zero-order chi connectivity index (χ0) is 20.4. The number of alkyl carbamates (subject to hydrolysis) is 1. The summed E-state index contributed by atoms with van der Waals surface area (Å²) >= 11 is 0. The number of rotatable bonds is 8. The number of aromatic hydroxyl groups is 1. The summed E-state index contributed by atoms with van der Waals surface area (Å²) in [6.45, 7) is 1.50. The maximum atomic E-state index is 12.2. The van der Waals surface area contributed by atoms with Gasteiger partial charge in [0.25, 0.3) is 0 Å². The minimum atomic E-state index is -1.06. The van der Waals surface area contributed by atoms with E-state index in [1.807, 2.05) is 30.3 Å². The fourth-order valence-corrected chi connectivity index (χ4v) is 2.31. The molecule has 0 bridgehead atoms. The molecule has 0 fully saturated rings. The van der Waals surface area contributed by atoms with Crippen molar-refractivity contribution in [2.45, 2.75) is 19.6 Å². The molecule has 0 spiro atoms. The highest BCUT2D eigenvalue weighted by Gasteiger charge is 2.24. The van der Waals surface area contributed by atoms with Gasteiger partial charge in [0.2, 0.25) is 5.91 Å². The molecular weight excluding hydrogens is 364 g/mol. The number of amides is 2. The summed E-state index contributed by atoms with van der Waals surface area (Å²) in [7, 11) is 0. The summed E-state index contributed by atoms with van der Waals surface area (Å²) in [5, 5.41) is 14.2. The Hall–Kier alpha value is -3.55. The highest BCUT2D eigenvalue weighted by molar-refractivity contribution is 5.88. The molecule has 28 heavy (non-hydrogen) atoms. The van der Waals surface area contributed by atoms with Crippen molar-refractivity contribution in [1.82, 2.24) is 10.6 Å². The number of ether oxygens (including phenoxy) is 2. The van der Waals surface area contributed by atoms with Crippen LogP contribution >= 0.6 is 0 Å². The molecule has 0 aliphatic rings. The molecular formula is C20H22N2O6. The number of esters is 1. The lowest BCUT2D eigenvalue weighted by Crippen LogP contribution is -2.41. The van der Waals surface area contributed by atoms with Gasteiger partial charge in [-0.2, -0.15) is 0 Å². The normalized spacial score (nSPS) is 11.2. The van der Waals surface area contributed by atoms with Gasteiger partial charge in [-0.05, 0) is 30.2 Å². The Kier molecular flexibility index (Phi) is 7.83. The van der Waals surface area contributed by atoms with Gasteiger partial charge in [0.15, 0.2) is 6.04 Å². The number of hydrogen-bond donors (Lipinski definition) is 3. The minimum absolute atomic E-state index is 0.0283. The second kappa shape index (κ2) is 10.6. The van der Waals surface area contributed by atoms with Crippen molar-refractivity contribution < 1.29 is 29.0 Å². The molecule has 2 amide bonds. The van der Waals surface area contributed by atoms with E-state index in [4.69, 9.17) is 9.47 Å². The summed E-state index contributed by atoms with van der Waals surface area (Å²) in [4.78, 5) is 36.0. The number of hydrogen-bond acceptors (Lipinski definition) is 6. The van der Waals surface area contributed by atoms with Crippen molar-refractivity contribution in [3.05, 3.63) is 65.7 Å². The predicted molar refractivity (Wildman–Crippen MR) is 100 cm³/mol. The van der Waals surface area contributed by atoms with Gasteiger partial charge < -0.3 is 25.2 Å². The average molecular weight is 386 g/mol. The molecule has 0 aromatic heterocycles. The van der Waals surface area contributed by atoms with Gasteiger partial charge in [-0.25, -0.2) is 9.59 Å². The van der Waals surface area contributed by atoms with E-state index in [1.165, 1.54) is 24.3 Å². The molecule has 0 aliphatic carbocycles. The molecule has 0 saturated heterocycles. The van der Waals surface area contributed by atoms with Crippen LogP contribution in [0.2, 0.25) is 0 Å². The van der Waals surface area contributed by atoms with E-state index in [9.17, 15) is 19.5 Å². The van der Waals surface area contributed by atoms with Crippen LogP contribution in [-0.4, -0.2) is 36.2 Å². The number of benzene rings is 2. The molecule has 1 atom stereocenters. The van der Waals surface area contributed by atoms with Crippen LogP contribution in [0, 0.1) is 0 Å². The first kappa shape index (κ1) is 20.8. The number of phenolic OH excluding ortho intramolecular Hbond substituents is 1. The van der Waals surface area contributed by atoms with Gasteiger partial charge in [-0.1, -0.05) is 42.5 Å². The third kappa shape index (κ3) is 6.64. The molecule has 8 nitrogen and oxygen atoms in total. The van der Waals surface area contributed by atoms with E-state index in [1.54, 1.807) is 6.92 Å². The first-order chi connectivity index (χ1) is 13.5. The Morgan fingerprint density at radius 1 is 1.00 bits per heavy atom. The van der Waals surface area contributed by atoms with E-state index < -0.39 is 24.0 Å². The standard InChI is InChI=1S/C20H22N2O6/c1-2-27-19(25)18(15-8-10-16(23)11-9-15)22-17(24)12-21-20(26)28-13-14-6-4-3-5-7-14/h3-11,18,23H,2,12-13H2,1H3,(H,21,26)(H,22,24)/t18-/m1/s1. The largest absolute Gasteiger partial charge is 0.508 e. The van der Waals surface area contributed by atoms with Gasteiger partial charge in [-0.3, -0.25) is 4.79 Å². The maximum absolute atomic E-state index is 12.2. The van der Waals surface area contributed by atoms with Crippen LogP contribution in [0.5, 0.6) is 5.75 Å². The Morgan fingerprint density at radius 2 is 1.68 bits per heavy atom. The monoisotopic (exact) mass is 386 g/mol. The van der Waals surface area contributed by atoms with Gasteiger partial charge in [-0.15, -0.1) is 0 Å². The highest BCUT2D eigenvalue weighted by Crippen LogP contribution is 2.18. The van der Waals surface area contributed by atoms with Crippen LogP contribution in [0.25, 0.3) is 0 Å². The molecule has 0 aliphatic heterocycles. The topological polar surface area (TPSA) is 114 Å². The van der Waals surface area contributed by atoms with E-state index in [0.29, 0.717) is 5.56 Å². The number of carbonyl (C=O) groups is 3. The maximum Gasteiger partial charge on any atom is 0.407 e. The van der Waals surface area contributed by atoms with Crippen molar-refractivity contribution in [2.24, 2.45) is 0 Å². The third-order valence-corrected chi connectivity index (χ3v) is 3.66. The molecule has 0 unspecified atom stereocenters. The van der Waals surface area contributed by atoms with Crippen LogP contribution in [0.15, 0.2) is 54.6 Å². The van der Waals surface area contributed by atoms with Crippen LogP contribution in [0.4, 0.5) is 4.79 Å². The molecule has 2 aromatic rings. The SMILES string of the molecule is CCOC(=O)[C@H](NC(=O)CNC(=O)OCc1ccccc1)c1ccc(O)cc1. The fourth-order valence-electron chi connectivity index (χ4n) is 2.31. The summed E-state index contributed by atoms with van der Waals surface area (Å²) in [5.41, 5.74) is 1.26. The van der Waals surface area contributed by atoms with E-state index in [-0.39, 0.29) is 25.5 Å². The lowest BCUT2D eigenvalue weighted by molar-refractivity contribution is -0.147. The summed E-state index contributed by atoms with van der Waals surface area (Å²) < 4.78 is 9.99. The van der Waals surface area contributed by atoms with Gasteiger partial charge in [0.1, 0.15) is 18.9 Å². The Labute approximate surface area is 162 Å². The zero-order valence-electron chi connectivity index (χ0n) is 15.4. The molecule has 8 heteroatoms. The van der Waals surface area contributed by atoms with Crippen molar-refractivity contribution in [1.29, 1.82) is 0 Å². The number of carbonyl (C=O) groups excluding carboxylic acids is 3. The van der Waals surface area contributed by atoms with Crippen LogP contribution < -0.4 is 10.6 Å². The molecule has 0 radical (unpaired) electrons. The van der Waals surface area contributed by atoms with Gasteiger partial charge >= 0.3 is 12.1 Å². The summed E-state index contributed by atoms with van der Waals surface area (Å²) in [6, 6.07) is 13.8. The lowest BCUT2D eigenvalue weighted by atomic mass is 10.1. The number of nitrogens with one attached hydrogen (secondary N) is 2. The second-order valence-electron chi connectivity index (χ2n) is 5.76. The average Bonchev–Trinajstić information content (AvgIpc) is 2.70. The zero-order valence-corrected chi connectivity index (χ0v) is 15.4. The van der Waals surface area contributed by atoms with Crippen LogP contribution in [0.1, 0.15) is 24.1 Å².